The Kier molecular flexibility index (Phi) is 9.74. The van der Waals surface area contributed by atoms with Crippen LogP contribution < -0.4 is 5.32 Å². The zero-order chi connectivity index (χ0) is 27.1. The van der Waals surface area contributed by atoms with Gasteiger partial charge in [-0.1, -0.05) is 86.6 Å². The molecule has 3 aromatic rings. The Hall–Kier alpha value is -2.55. The number of hydrogen-bond acceptors (Lipinski definition) is 5. The summed E-state index contributed by atoms with van der Waals surface area (Å²) in [5.41, 5.74) is 3.30. The number of aliphatic hydroxyl groups is 2. The van der Waals surface area contributed by atoms with Gasteiger partial charge >= 0.3 is 0 Å². The maximum Gasteiger partial charge on any atom is 0.243 e. The minimum absolute atomic E-state index is 0.0399. The standard InChI is InChI=1S/C31H40N2O4S/c1-23(2)21-33(38(36,37)28-14-7-4-8-15-28)22-27(34)18-25(17-24-11-5-3-6-12-24)20-32-30-19-26-13-9-10-16-29(26)31(30)35/h3-16,23,25,27,30-32,34-35H,17-22H2,1-2H3/t25-,27-,30+,31-/m1/s1. The van der Waals surface area contributed by atoms with E-state index >= 15 is 0 Å². The highest BCUT2D eigenvalue weighted by molar-refractivity contribution is 7.89. The van der Waals surface area contributed by atoms with Crippen LogP contribution in [-0.2, 0) is 22.9 Å². The van der Waals surface area contributed by atoms with Crippen LogP contribution in [0, 0.1) is 11.8 Å². The highest BCUT2D eigenvalue weighted by atomic mass is 32.2. The first-order chi connectivity index (χ1) is 18.2. The van der Waals surface area contributed by atoms with E-state index in [4.69, 9.17) is 0 Å². The molecular formula is C31H40N2O4S. The lowest BCUT2D eigenvalue weighted by Gasteiger charge is -2.29. The smallest absolute Gasteiger partial charge is 0.243 e. The first kappa shape index (κ1) is 28.5. The molecule has 1 aliphatic carbocycles. The van der Waals surface area contributed by atoms with Gasteiger partial charge in [-0.15, -0.1) is 0 Å². The summed E-state index contributed by atoms with van der Waals surface area (Å²) in [6, 6.07) is 26.5. The summed E-state index contributed by atoms with van der Waals surface area (Å²) in [4.78, 5) is 0.241. The molecule has 0 aliphatic heterocycles. The number of rotatable bonds is 13. The second-order valence-electron chi connectivity index (χ2n) is 10.8. The highest BCUT2D eigenvalue weighted by Gasteiger charge is 2.32. The molecule has 4 atom stereocenters. The number of aliphatic hydroxyl groups excluding tert-OH is 2. The second kappa shape index (κ2) is 13.0. The Balaban J connectivity index is 1.45. The van der Waals surface area contributed by atoms with Crippen LogP contribution in [0.4, 0.5) is 0 Å². The number of benzene rings is 3. The maximum absolute atomic E-state index is 13.4. The van der Waals surface area contributed by atoms with Crippen molar-refractivity contribution in [2.24, 2.45) is 11.8 Å². The van der Waals surface area contributed by atoms with Crippen molar-refractivity contribution in [1.82, 2.24) is 9.62 Å². The fourth-order valence-corrected chi connectivity index (χ4v) is 7.04. The van der Waals surface area contributed by atoms with Crippen molar-refractivity contribution >= 4 is 10.0 Å². The van der Waals surface area contributed by atoms with Gasteiger partial charge in [0.05, 0.1) is 17.1 Å². The number of hydrogen-bond donors (Lipinski definition) is 3. The number of sulfonamides is 1. The molecule has 3 aromatic carbocycles. The summed E-state index contributed by atoms with van der Waals surface area (Å²) < 4.78 is 28.2. The van der Waals surface area contributed by atoms with Crippen LogP contribution in [0.15, 0.2) is 89.8 Å². The van der Waals surface area contributed by atoms with Crippen LogP contribution in [0.5, 0.6) is 0 Å². The van der Waals surface area contributed by atoms with Crippen LogP contribution in [0.25, 0.3) is 0 Å². The minimum Gasteiger partial charge on any atom is -0.392 e. The van der Waals surface area contributed by atoms with Gasteiger partial charge in [0, 0.05) is 19.1 Å². The number of nitrogens with zero attached hydrogens (tertiary/aromatic N) is 1. The molecule has 0 unspecified atom stereocenters. The second-order valence-corrected chi connectivity index (χ2v) is 12.8. The van der Waals surface area contributed by atoms with Gasteiger partial charge in [-0.05, 0) is 66.5 Å². The fraction of sp³-hybridized carbons (Fsp3) is 0.419. The van der Waals surface area contributed by atoms with Crippen LogP contribution in [0.3, 0.4) is 0 Å². The summed E-state index contributed by atoms with van der Waals surface area (Å²) >= 11 is 0. The molecule has 204 valence electrons. The molecule has 6 nitrogen and oxygen atoms in total. The molecule has 4 rings (SSSR count). The molecule has 3 N–H and O–H groups in total. The Morgan fingerprint density at radius 3 is 2.21 bits per heavy atom. The summed E-state index contributed by atoms with van der Waals surface area (Å²) in [7, 11) is -3.72. The van der Waals surface area contributed by atoms with Gasteiger partial charge < -0.3 is 15.5 Å². The molecule has 0 spiro atoms. The Morgan fingerprint density at radius 2 is 1.55 bits per heavy atom. The largest absolute Gasteiger partial charge is 0.392 e. The van der Waals surface area contributed by atoms with E-state index in [1.54, 1.807) is 30.3 Å². The molecule has 0 bridgehead atoms. The monoisotopic (exact) mass is 536 g/mol. The van der Waals surface area contributed by atoms with E-state index in [1.807, 2.05) is 50.2 Å². The van der Waals surface area contributed by atoms with Crippen LogP contribution in [0.1, 0.15) is 43.1 Å². The van der Waals surface area contributed by atoms with Gasteiger partial charge in [-0.25, -0.2) is 8.42 Å². The molecule has 0 aromatic heterocycles. The van der Waals surface area contributed by atoms with Crippen LogP contribution >= 0.6 is 0 Å². The van der Waals surface area contributed by atoms with E-state index in [0.717, 1.165) is 29.5 Å². The van der Waals surface area contributed by atoms with E-state index < -0.39 is 22.2 Å². The summed E-state index contributed by atoms with van der Waals surface area (Å²) in [5.74, 6) is 0.177. The highest BCUT2D eigenvalue weighted by Crippen LogP contribution is 2.31. The van der Waals surface area contributed by atoms with Crippen molar-refractivity contribution in [1.29, 1.82) is 0 Å². The van der Waals surface area contributed by atoms with Crippen LogP contribution in [-0.4, -0.2) is 54.7 Å². The average molecular weight is 537 g/mol. The first-order valence-corrected chi connectivity index (χ1v) is 14.9. The Bertz CT molecular complexity index is 1250. The van der Waals surface area contributed by atoms with E-state index in [-0.39, 0.29) is 29.3 Å². The van der Waals surface area contributed by atoms with Crippen molar-refractivity contribution in [3.8, 4) is 0 Å². The van der Waals surface area contributed by atoms with E-state index in [2.05, 4.69) is 23.5 Å². The van der Waals surface area contributed by atoms with Gasteiger partial charge in [0.25, 0.3) is 0 Å². The Labute approximate surface area is 227 Å². The average Bonchev–Trinajstić information content (AvgIpc) is 3.23. The maximum atomic E-state index is 13.4. The van der Waals surface area contributed by atoms with Crippen LogP contribution in [0.2, 0.25) is 0 Å². The van der Waals surface area contributed by atoms with Crippen molar-refractivity contribution in [2.75, 3.05) is 19.6 Å². The quantitative estimate of drug-likeness (QED) is 0.305. The van der Waals surface area contributed by atoms with E-state index in [1.165, 1.54) is 4.31 Å². The van der Waals surface area contributed by atoms with Gasteiger partial charge in [0.2, 0.25) is 10.0 Å². The molecular weight excluding hydrogens is 496 g/mol. The molecule has 0 saturated heterocycles. The lowest BCUT2D eigenvalue weighted by Crippen LogP contribution is -2.42. The van der Waals surface area contributed by atoms with Gasteiger partial charge in [0.1, 0.15) is 0 Å². The number of fused-ring (bicyclic) bond motifs is 1. The molecule has 0 heterocycles. The van der Waals surface area contributed by atoms with Gasteiger partial charge in [-0.3, -0.25) is 0 Å². The SMILES string of the molecule is CC(C)CN(C[C@H](O)C[C@H](CN[C@H]1Cc2ccccc2[C@H]1O)Cc1ccccc1)S(=O)(=O)c1ccccc1. The van der Waals surface area contributed by atoms with Gasteiger partial charge in [-0.2, -0.15) is 4.31 Å². The topological polar surface area (TPSA) is 89.9 Å². The van der Waals surface area contributed by atoms with Crippen molar-refractivity contribution < 1.29 is 18.6 Å². The normalized spacial score (nSPS) is 19.0. The van der Waals surface area contributed by atoms with Crippen molar-refractivity contribution in [3.05, 3.63) is 102 Å². The molecule has 0 fully saturated rings. The fourth-order valence-electron chi connectivity index (χ4n) is 5.38. The predicted octanol–water partition coefficient (Wildman–Crippen LogP) is 4.19. The summed E-state index contributed by atoms with van der Waals surface area (Å²) in [6.07, 6.45) is 0.557. The molecule has 0 saturated carbocycles. The first-order valence-electron chi connectivity index (χ1n) is 13.5. The molecule has 1 aliphatic rings. The molecule has 0 radical (unpaired) electrons. The third-order valence-corrected chi connectivity index (χ3v) is 9.05. The summed E-state index contributed by atoms with van der Waals surface area (Å²) in [5, 5.41) is 25.6. The lowest BCUT2D eigenvalue weighted by atomic mass is 9.93. The molecule has 7 heteroatoms. The van der Waals surface area contributed by atoms with E-state index in [9.17, 15) is 18.6 Å². The van der Waals surface area contributed by atoms with Crippen molar-refractivity contribution in [2.45, 2.75) is 56.3 Å². The predicted molar refractivity (Wildman–Crippen MR) is 151 cm³/mol. The van der Waals surface area contributed by atoms with Gasteiger partial charge in [0.15, 0.2) is 0 Å². The van der Waals surface area contributed by atoms with Crippen molar-refractivity contribution in [3.63, 3.8) is 0 Å². The van der Waals surface area contributed by atoms with E-state index in [0.29, 0.717) is 19.5 Å². The minimum atomic E-state index is -3.72. The number of nitrogens with one attached hydrogen (secondary N) is 1. The Morgan fingerprint density at radius 1 is 0.921 bits per heavy atom. The summed E-state index contributed by atoms with van der Waals surface area (Å²) in [6.45, 7) is 4.94. The molecule has 38 heavy (non-hydrogen) atoms. The zero-order valence-electron chi connectivity index (χ0n) is 22.3. The molecule has 0 amide bonds. The third-order valence-electron chi connectivity index (χ3n) is 7.20. The lowest BCUT2D eigenvalue weighted by molar-refractivity contribution is 0.107. The zero-order valence-corrected chi connectivity index (χ0v) is 23.1. The third kappa shape index (κ3) is 7.30.